The first kappa shape index (κ1) is 14.9. The van der Waals surface area contributed by atoms with Crippen LogP contribution in [0.1, 0.15) is 17.3 Å². The lowest BCUT2D eigenvalue weighted by atomic mass is 10.1. The second-order valence-corrected chi connectivity index (χ2v) is 4.06. The van der Waals surface area contributed by atoms with Gasteiger partial charge in [0.25, 0.3) is 0 Å². The first-order chi connectivity index (χ1) is 9.01. The number of aromatic nitrogens is 2. The molecule has 0 unspecified atom stereocenters. The van der Waals surface area contributed by atoms with E-state index in [1.54, 1.807) is 18.9 Å². The van der Waals surface area contributed by atoms with Crippen molar-refractivity contribution < 1.29 is 19.1 Å². The summed E-state index contributed by atoms with van der Waals surface area (Å²) in [5.74, 6) is -0.762. The molecule has 0 aliphatic heterocycles. The molecule has 0 bridgehead atoms. The molecule has 0 fully saturated rings. The molecule has 1 rings (SSSR count). The summed E-state index contributed by atoms with van der Waals surface area (Å²) < 4.78 is 9.32. The van der Waals surface area contributed by atoms with Crippen LogP contribution in [0.3, 0.4) is 0 Å². The molecule has 0 saturated carbocycles. The number of methoxy groups -OCH3 is 2. The van der Waals surface area contributed by atoms with Gasteiger partial charge < -0.3 is 14.4 Å². The fourth-order valence-electron chi connectivity index (χ4n) is 1.65. The zero-order valence-electron chi connectivity index (χ0n) is 11.4. The lowest BCUT2D eigenvalue weighted by Gasteiger charge is -2.22. The Morgan fingerprint density at radius 1 is 1.37 bits per heavy atom. The topological polar surface area (TPSA) is 81.6 Å². The summed E-state index contributed by atoms with van der Waals surface area (Å²) >= 11 is 0. The van der Waals surface area contributed by atoms with Crippen LogP contribution in [0, 0.1) is 5.92 Å². The van der Waals surface area contributed by atoms with Gasteiger partial charge >= 0.3 is 11.9 Å². The molecule has 104 valence electrons. The molecule has 7 nitrogen and oxygen atoms in total. The highest BCUT2D eigenvalue weighted by atomic mass is 16.5. The van der Waals surface area contributed by atoms with Crippen LogP contribution in [-0.2, 0) is 14.3 Å². The van der Waals surface area contributed by atoms with Gasteiger partial charge in [0.15, 0.2) is 0 Å². The molecule has 0 aliphatic carbocycles. The predicted octanol–water partition coefficient (Wildman–Crippen LogP) is 0.508. The van der Waals surface area contributed by atoms with Gasteiger partial charge in [0, 0.05) is 19.8 Å². The summed E-state index contributed by atoms with van der Waals surface area (Å²) in [6.07, 6.45) is 2.72. The molecule has 7 heteroatoms. The van der Waals surface area contributed by atoms with Gasteiger partial charge in [-0.25, -0.2) is 14.8 Å². The van der Waals surface area contributed by atoms with Crippen molar-refractivity contribution in [3.63, 3.8) is 0 Å². The SMILES string of the molecule is COC(=O)c1cncnc1N(C)C[C@H](C)C(=O)OC. The molecule has 19 heavy (non-hydrogen) atoms. The highest BCUT2D eigenvalue weighted by Gasteiger charge is 2.21. The molecule has 0 saturated heterocycles. The van der Waals surface area contributed by atoms with Crippen LogP contribution in [-0.4, -0.2) is 49.7 Å². The first-order valence-corrected chi connectivity index (χ1v) is 5.68. The molecule has 0 aromatic carbocycles. The monoisotopic (exact) mass is 267 g/mol. The van der Waals surface area contributed by atoms with E-state index in [1.807, 2.05) is 0 Å². The minimum Gasteiger partial charge on any atom is -0.469 e. The molecular weight excluding hydrogens is 250 g/mol. The third-order valence-electron chi connectivity index (χ3n) is 2.61. The van der Waals surface area contributed by atoms with Crippen molar-refractivity contribution in [3.8, 4) is 0 Å². The summed E-state index contributed by atoms with van der Waals surface area (Å²) in [6, 6.07) is 0. The van der Waals surface area contributed by atoms with Crippen molar-refractivity contribution in [1.82, 2.24) is 9.97 Å². The molecule has 0 spiro atoms. The summed E-state index contributed by atoms with van der Waals surface area (Å²) in [4.78, 5) is 32.5. The second-order valence-electron chi connectivity index (χ2n) is 4.06. The molecule has 0 N–H and O–H groups in total. The van der Waals surface area contributed by atoms with Crippen LogP contribution < -0.4 is 4.90 Å². The third kappa shape index (κ3) is 3.64. The van der Waals surface area contributed by atoms with Gasteiger partial charge in [-0.15, -0.1) is 0 Å². The number of ether oxygens (including phenoxy) is 2. The van der Waals surface area contributed by atoms with Crippen LogP contribution in [0.4, 0.5) is 5.82 Å². The average Bonchev–Trinajstić information content (AvgIpc) is 2.45. The van der Waals surface area contributed by atoms with Crippen LogP contribution in [0.15, 0.2) is 12.5 Å². The van der Waals surface area contributed by atoms with E-state index in [-0.39, 0.29) is 17.5 Å². The normalized spacial score (nSPS) is 11.6. The summed E-state index contributed by atoms with van der Waals surface area (Å²) in [6.45, 7) is 2.11. The fourth-order valence-corrected chi connectivity index (χ4v) is 1.65. The van der Waals surface area contributed by atoms with Crippen molar-refractivity contribution in [1.29, 1.82) is 0 Å². The number of rotatable bonds is 5. The maximum atomic E-state index is 11.6. The van der Waals surface area contributed by atoms with E-state index in [0.29, 0.717) is 12.4 Å². The quantitative estimate of drug-likeness (QED) is 0.719. The lowest BCUT2D eigenvalue weighted by molar-refractivity contribution is -0.144. The number of esters is 2. The van der Waals surface area contributed by atoms with E-state index in [1.165, 1.54) is 26.7 Å². The minimum atomic E-state index is -0.520. The molecule has 0 aliphatic rings. The largest absolute Gasteiger partial charge is 0.469 e. The van der Waals surface area contributed by atoms with Gasteiger partial charge in [-0.3, -0.25) is 4.79 Å². The van der Waals surface area contributed by atoms with Crippen molar-refractivity contribution in [2.75, 3.05) is 32.7 Å². The number of hydrogen-bond donors (Lipinski definition) is 0. The van der Waals surface area contributed by atoms with Crippen LogP contribution in [0.5, 0.6) is 0 Å². The number of nitrogens with zero attached hydrogens (tertiary/aromatic N) is 3. The highest BCUT2D eigenvalue weighted by Crippen LogP contribution is 2.17. The van der Waals surface area contributed by atoms with Crippen LogP contribution >= 0.6 is 0 Å². The average molecular weight is 267 g/mol. The molecule has 1 atom stereocenters. The Kier molecular flexibility index (Phi) is 5.23. The molecule has 0 radical (unpaired) electrons. The van der Waals surface area contributed by atoms with E-state index >= 15 is 0 Å². The van der Waals surface area contributed by atoms with Gasteiger partial charge in [0.2, 0.25) is 0 Å². The Morgan fingerprint density at radius 2 is 2.05 bits per heavy atom. The minimum absolute atomic E-state index is 0.254. The maximum Gasteiger partial charge on any atom is 0.343 e. The molecule has 1 aromatic heterocycles. The van der Waals surface area contributed by atoms with E-state index in [9.17, 15) is 9.59 Å². The Labute approximate surface area is 111 Å². The molecular formula is C12H17N3O4. The van der Waals surface area contributed by atoms with Gasteiger partial charge in [-0.2, -0.15) is 0 Å². The molecule has 0 amide bonds. The van der Waals surface area contributed by atoms with Crippen LogP contribution in [0.25, 0.3) is 0 Å². The van der Waals surface area contributed by atoms with Crippen molar-refractivity contribution in [2.45, 2.75) is 6.92 Å². The van der Waals surface area contributed by atoms with E-state index in [0.717, 1.165) is 0 Å². The molecule has 1 heterocycles. The van der Waals surface area contributed by atoms with Crippen LogP contribution in [0.2, 0.25) is 0 Å². The Morgan fingerprint density at radius 3 is 2.63 bits per heavy atom. The number of carbonyl (C=O) groups excluding carboxylic acids is 2. The Balaban J connectivity index is 2.90. The van der Waals surface area contributed by atoms with Gasteiger partial charge in [-0.1, -0.05) is 6.92 Å². The van der Waals surface area contributed by atoms with E-state index in [2.05, 4.69) is 19.4 Å². The Bertz CT molecular complexity index is 464. The maximum absolute atomic E-state index is 11.6. The number of hydrogen-bond acceptors (Lipinski definition) is 7. The van der Waals surface area contributed by atoms with Crippen molar-refractivity contribution >= 4 is 17.8 Å². The Hall–Kier alpha value is -2.18. The lowest BCUT2D eigenvalue weighted by Crippen LogP contribution is -2.31. The van der Waals surface area contributed by atoms with Gasteiger partial charge in [-0.05, 0) is 0 Å². The summed E-state index contributed by atoms with van der Waals surface area (Å²) in [5.41, 5.74) is 0.254. The van der Waals surface area contributed by atoms with Gasteiger partial charge in [0.1, 0.15) is 17.7 Å². The first-order valence-electron chi connectivity index (χ1n) is 5.68. The second kappa shape index (κ2) is 6.67. The zero-order chi connectivity index (χ0) is 14.4. The molecule has 1 aromatic rings. The number of carbonyl (C=O) groups is 2. The van der Waals surface area contributed by atoms with E-state index < -0.39 is 5.97 Å². The summed E-state index contributed by atoms with van der Waals surface area (Å²) in [7, 11) is 4.35. The summed E-state index contributed by atoms with van der Waals surface area (Å²) in [5, 5.41) is 0. The number of anilines is 1. The predicted molar refractivity (Wildman–Crippen MR) is 67.8 cm³/mol. The van der Waals surface area contributed by atoms with Crippen molar-refractivity contribution in [3.05, 3.63) is 18.1 Å². The van der Waals surface area contributed by atoms with E-state index in [4.69, 9.17) is 0 Å². The third-order valence-corrected chi connectivity index (χ3v) is 2.61. The van der Waals surface area contributed by atoms with Gasteiger partial charge in [0.05, 0.1) is 20.1 Å². The smallest absolute Gasteiger partial charge is 0.343 e. The fraction of sp³-hybridized carbons (Fsp3) is 0.500. The highest BCUT2D eigenvalue weighted by molar-refractivity contribution is 5.94. The van der Waals surface area contributed by atoms with Crippen molar-refractivity contribution in [2.24, 2.45) is 5.92 Å². The standard InChI is InChI=1S/C12H17N3O4/c1-8(11(16)18-3)6-15(2)10-9(12(17)19-4)5-13-7-14-10/h5,7-8H,6H2,1-4H3/t8-/m0/s1. The zero-order valence-corrected chi connectivity index (χ0v) is 11.4.